The lowest BCUT2D eigenvalue weighted by atomic mass is 9.83. The maximum Gasteiger partial charge on any atom is 0.337 e. The predicted molar refractivity (Wildman–Crippen MR) is 127 cm³/mol. The number of carbonyl (C=O) groups excluding carboxylic acids is 2. The number of allylic oxidation sites excluding steroid dienone is 2. The second kappa shape index (κ2) is 9.12. The molecular formula is C27H32FNO5. The van der Waals surface area contributed by atoms with E-state index in [0.717, 1.165) is 0 Å². The Morgan fingerprint density at radius 1 is 0.824 bits per heavy atom. The molecule has 2 aromatic rings. The van der Waals surface area contributed by atoms with E-state index in [1.165, 1.54) is 12.1 Å². The van der Waals surface area contributed by atoms with Crippen LogP contribution >= 0.6 is 0 Å². The van der Waals surface area contributed by atoms with Crippen molar-refractivity contribution in [3.8, 4) is 11.3 Å². The first-order valence-corrected chi connectivity index (χ1v) is 11.2. The van der Waals surface area contributed by atoms with Crippen LogP contribution in [0.1, 0.15) is 67.1 Å². The van der Waals surface area contributed by atoms with Crippen LogP contribution in [0.3, 0.4) is 0 Å². The Kier molecular flexibility index (Phi) is 6.78. The zero-order chi connectivity index (χ0) is 25.4. The second-order valence-electron chi connectivity index (χ2n) is 10.3. The minimum absolute atomic E-state index is 0.265. The summed E-state index contributed by atoms with van der Waals surface area (Å²) in [5.41, 5.74) is 0.843. The molecule has 1 aliphatic rings. The largest absolute Gasteiger partial charge is 0.460 e. The Bertz CT molecular complexity index is 1110. The Balaban J connectivity index is 2.13. The predicted octanol–water partition coefficient (Wildman–Crippen LogP) is 6.00. The summed E-state index contributed by atoms with van der Waals surface area (Å²) < 4.78 is 30.9. The lowest BCUT2D eigenvalue weighted by molar-refractivity contribution is -0.151. The lowest BCUT2D eigenvalue weighted by Gasteiger charge is -2.32. The van der Waals surface area contributed by atoms with Crippen LogP contribution in [0.4, 0.5) is 4.39 Å². The van der Waals surface area contributed by atoms with Crippen molar-refractivity contribution >= 4 is 11.9 Å². The number of halogens is 1. The van der Waals surface area contributed by atoms with E-state index in [9.17, 15) is 14.0 Å². The van der Waals surface area contributed by atoms with E-state index in [0.29, 0.717) is 28.5 Å². The zero-order valence-corrected chi connectivity index (χ0v) is 21.0. The average Bonchev–Trinajstić information content (AvgIpc) is 3.14. The molecule has 0 unspecified atom stereocenters. The first-order valence-electron chi connectivity index (χ1n) is 11.2. The minimum atomic E-state index is -0.847. The fourth-order valence-electron chi connectivity index (χ4n) is 3.76. The minimum Gasteiger partial charge on any atom is -0.460 e. The highest BCUT2D eigenvalue weighted by Gasteiger charge is 2.41. The van der Waals surface area contributed by atoms with Gasteiger partial charge in [-0.05, 0) is 91.8 Å². The highest BCUT2D eigenvalue weighted by molar-refractivity contribution is 6.00. The van der Waals surface area contributed by atoms with E-state index in [2.05, 4.69) is 5.32 Å². The Morgan fingerprint density at radius 3 is 1.74 bits per heavy atom. The van der Waals surface area contributed by atoms with Gasteiger partial charge < -0.3 is 19.2 Å². The Morgan fingerprint density at radius 2 is 1.29 bits per heavy atom. The third-order valence-corrected chi connectivity index (χ3v) is 5.04. The molecule has 0 spiro atoms. The molecule has 6 nitrogen and oxygen atoms in total. The Hall–Kier alpha value is -3.35. The topological polar surface area (TPSA) is 77.8 Å². The van der Waals surface area contributed by atoms with Gasteiger partial charge in [0.15, 0.2) is 0 Å². The molecule has 0 bridgehead atoms. The van der Waals surface area contributed by atoms with E-state index in [1.807, 2.05) is 0 Å². The number of carbonyl (C=O) groups is 2. The maximum absolute atomic E-state index is 13.4. The molecule has 1 N–H and O–H groups in total. The van der Waals surface area contributed by atoms with Gasteiger partial charge in [0.2, 0.25) is 0 Å². The van der Waals surface area contributed by atoms with Gasteiger partial charge in [-0.15, -0.1) is 0 Å². The van der Waals surface area contributed by atoms with Gasteiger partial charge in [0.05, 0.1) is 17.1 Å². The number of nitrogens with one attached hydrogen (secondary N) is 1. The molecule has 7 heteroatoms. The SMILES string of the molecule is CC1=C(C(=O)OC(C)(C)C)C(c2ccc(-c3ccc(F)cc3)o2)C(C(=O)OC(C)(C)C)=C(C)N1. The monoisotopic (exact) mass is 469 g/mol. The van der Waals surface area contributed by atoms with E-state index >= 15 is 0 Å². The molecule has 1 aromatic carbocycles. The molecule has 0 atom stereocenters. The van der Waals surface area contributed by atoms with E-state index in [1.54, 1.807) is 79.7 Å². The summed E-state index contributed by atoms with van der Waals surface area (Å²) in [4.78, 5) is 26.6. The number of esters is 2. The normalized spacial score (nSPS) is 15.3. The summed E-state index contributed by atoms with van der Waals surface area (Å²) in [5.74, 6) is -1.46. The van der Waals surface area contributed by atoms with Gasteiger partial charge in [0, 0.05) is 17.0 Å². The lowest BCUT2D eigenvalue weighted by Crippen LogP contribution is -2.36. The molecule has 2 heterocycles. The van der Waals surface area contributed by atoms with Crippen molar-refractivity contribution < 1.29 is 27.9 Å². The molecule has 3 rings (SSSR count). The van der Waals surface area contributed by atoms with Gasteiger partial charge in [-0.3, -0.25) is 0 Å². The van der Waals surface area contributed by atoms with Crippen LogP contribution in [-0.4, -0.2) is 23.1 Å². The van der Waals surface area contributed by atoms with Crippen molar-refractivity contribution in [2.24, 2.45) is 0 Å². The zero-order valence-electron chi connectivity index (χ0n) is 21.0. The number of benzene rings is 1. The summed E-state index contributed by atoms with van der Waals surface area (Å²) >= 11 is 0. The number of furan rings is 1. The van der Waals surface area contributed by atoms with Gasteiger partial charge in [0.25, 0.3) is 0 Å². The third kappa shape index (κ3) is 5.76. The first kappa shape index (κ1) is 25.3. The summed E-state index contributed by atoms with van der Waals surface area (Å²) in [6.45, 7) is 14.2. The van der Waals surface area contributed by atoms with Gasteiger partial charge >= 0.3 is 11.9 Å². The number of rotatable bonds is 4. The number of hydrogen-bond acceptors (Lipinski definition) is 6. The van der Waals surface area contributed by atoms with Gasteiger partial charge in [0.1, 0.15) is 28.5 Å². The van der Waals surface area contributed by atoms with Crippen LogP contribution < -0.4 is 5.32 Å². The smallest absolute Gasteiger partial charge is 0.337 e. The van der Waals surface area contributed by atoms with Crippen LogP contribution in [0.25, 0.3) is 11.3 Å². The summed E-state index contributed by atoms with van der Waals surface area (Å²) in [5, 5.41) is 3.13. The molecule has 0 amide bonds. The Labute approximate surface area is 199 Å². The highest BCUT2D eigenvalue weighted by atomic mass is 19.1. The first-order chi connectivity index (χ1) is 15.7. The number of hydrogen-bond donors (Lipinski definition) is 1. The fourth-order valence-corrected chi connectivity index (χ4v) is 3.76. The van der Waals surface area contributed by atoms with Crippen molar-refractivity contribution in [2.45, 2.75) is 72.5 Å². The summed E-state index contributed by atoms with van der Waals surface area (Å²) in [6, 6.07) is 9.33. The number of dihydropyridines is 1. The fraction of sp³-hybridized carbons (Fsp3) is 0.407. The van der Waals surface area contributed by atoms with Gasteiger partial charge in [-0.2, -0.15) is 0 Å². The van der Waals surface area contributed by atoms with Crippen molar-refractivity contribution in [3.63, 3.8) is 0 Å². The van der Waals surface area contributed by atoms with Crippen LogP contribution in [0.5, 0.6) is 0 Å². The summed E-state index contributed by atoms with van der Waals surface area (Å²) in [6.07, 6.45) is 0. The molecule has 0 aliphatic carbocycles. The van der Waals surface area contributed by atoms with Crippen LogP contribution in [0.15, 0.2) is 63.4 Å². The second-order valence-corrected chi connectivity index (χ2v) is 10.3. The molecule has 0 fully saturated rings. The average molecular weight is 470 g/mol. The molecule has 1 aromatic heterocycles. The van der Waals surface area contributed by atoms with Crippen LogP contribution in [0, 0.1) is 5.82 Å². The molecule has 0 saturated heterocycles. The summed E-state index contributed by atoms with van der Waals surface area (Å²) in [7, 11) is 0. The van der Waals surface area contributed by atoms with Crippen molar-refractivity contribution in [2.75, 3.05) is 0 Å². The van der Waals surface area contributed by atoms with Gasteiger partial charge in [-0.1, -0.05) is 0 Å². The van der Waals surface area contributed by atoms with Crippen molar-refractivity contribution in [1.29, 1.82) is 0 Å². The molecule has 0 radical (unpaired) electrons. The van der Waals surface area contributed by atoms with Crippen LogP contribution in [0.2, 0.25) is 0 Å². The van der Waals surface area contributed by atoms with Crippen molar-refractivity contribution in [1.82, 2.24) is 5.32 Å². The molecule has 34 heavy (non-hydrogen) atoms. The van der Waals surface area contributed by atoms with Gasteiger partial charge in [-0.25, -0.2) is 14.0 Å². The molecule has 0 saturated carbocycles. The quantitative estimate of drug-likeness (QED) is 0.553. The molecular weight excluding hydrogens is 437 g/mol. The van der Waals surface area contributed by atoms with E-state index in [-0.39, 0.29) is 17.0 Å². The number of ether oxygens (including phenoxy) is 2. The standard InChI is InChI=1S/C27H32FNO5/c1-15-21(24(30)33-26(3,4)5)23(22(16(2)29-15)25(31)34-27(6,7)8)20-14-13-19(32-20)17-9-11-18(28)12-10-17/h9-14,23,29H,1-8H3. The van der Waals surface area contributed by atoms with Crippen LogP contribution in [-0.2, 0) is 19.1 Å². The third-order valence-electron chi connectivity index (χ3n) is 5.04. The molecule has 182 valence electrons. The van der Waals surface area contributed by atoms with Crippen molar-refractivity contribution in [3.05, 3.63) is 70.5 Å². The van der Waals surface area contributed by atoms with E-state index in [4.69, 9.17) is 13.9 Å². The molecule has 1 aliphatic heterocycles. The highest BCUT2D eigenvalue weighted by Crippen LogP contribution is 2.42. The van der Waals surface area contributed by atoms with E-state index < -0.39 is 29.1 Å². The maximum atomic E-state index is 13.4.